The monoisotopic (exact) mass is 223 g/mol. The molecule has 0 aromatic carbocycles. The van der Waals surface area contributed by atoms with Crippen molar-refractivity contribution in [3.8, 4) is 0 Å². The SMILES string of the molecule is C1=CCC=C1.CN.CN.CN.[Zn]. The molecule has 0 spiro atoms. The van der Waals surface area contributed by atoms with Crippen LogP contribution in [0.25, 0.3) is 0 Å². The molecule has 0 aromatic heterocycles. The van der Waals surface area contributed by atoms with Crippen LogP contribution in [0, 0.1) is 0 Å². The van der Waals surface area contributed by atoms with Crippen molar-refractivity contribution in [1.29, 1.82) is 0 Å². The quantitative estimate of drug-likeness (QED) is 0.516. The molecule has 0 radical (unpaired) electrons. The largest absolute Gasteiger partial charge is 0.333 e. The Morgan fingerprint density at radius 2 is 1.00 bits per heavy atom. The maximum Gasteiger partial charge on any atom is 0 e. The van der Waals surface area contributed by atoms with E-state index in [1.807, 2.05) is 0 Å². The molecule has 0 aliphatic heterocycles. The zero-order valence-electron chi connectivity index (χ0n) is 8.46. The van der Waals surface area contributed by atoms with Gasteiger partial charge in [-0.15, -0.1) is 0 Å². The van der Waals surface area contributed by atoms with E-state index in [0.717, 1.165) is 6.42 Å². The van der Waals surface area contributed by atoms with Crippen molar-refractivity contribution in [2.24, 2.45) is 17.2 Å². The number of allylic oxidation sites excluding steroid dienone is 4. The Kier molecular flexibility index (Phi) is 83.3. The minimum Gasteiger partial charge on any atom is -0.333 e. The van der Waals surface area contributed by atoms with E-state index in [1.165, 1.54) is 21.1 Å². The maximum absolute atomic E-state index is 4.50. The van der Waals surface area contributed by atoms with Crippen molar-refractivity contribution in [2.75, 3.05) is 21.1 Å². The fourth-order valence-corrected chi connectivity index (χ4v) is 0.393. The summed E-state index contributed by atoms with van der Waals surface area (Å²) >= 11 is 0. The van der Waals surface area contributed by atoms with E-state index in [9.17, 15) is 0 Å². The van der Waals surface area contributed by atoms with E-state index in [-0.39, 0.29) is 19.5 Å². The van der Waals surface area contributed by atoms with Gasteiger partial charge in [0, 0.05) is 19.5 Å². The molecule has 0 fully saturated rings. The first-order valence-electron chi connectivity index (χ1n) is 3.55. The number of hydrogen-bond donors (Lipinski definition) is 3. The van der Waals surface area contributed by atoms with Gasteiger partial charge in [0.05, 0.1) is 0 Å². The van der Waals surface area contributed by atoms with E-state index in [4.69, 9.17) is 0 Å². The number of rotatable bonds is 0. The minimum absolute atomic E-state index is 0. The fraction of sp³-hybridized carbons (Fsp3) is 0.500. The Bertz CT molecular complexity index is 72.4. The third-order valence-electron chi connectivity index (χ3n) is 0.655. The van der Waals surface area contributed by atoms with Crippen molar-refractivity contribution < 1.29 is 19.5 Å². The Balaban J connectivity index is -0.0000000406. The molecular weight excluding hydrogens is 203 g/mol. The normalized spacial score (nSPS) is 8.83. The summed E-state index contributed by atoms with van der Waals surface area (Å²) in [6.45, 7) is 0. The van der Waals surface area contributed by atoms with E-state index in [2.05, 4.69) is 41.5 Å². The first-order valence-corrected chi connectivity index (χ1v) is 3.55. The van der Waals surface area contributed by atoms with Crippen LogP contribution in [0.4, 0.5) is 0 Å². The van der Waals surface area contributed by atoms with Crippen LogP contribution in [-0.4, -0.2) is 21.1 Å². The van der Waals surface area contributed by atoms with Crippen LogP contribution >= 0.6 is 0 Å². The van der Waals surface area contributed by atoms with E-state index in [1.54, 1.807) is 0 Å². The van der Waals surface area contributed by atoms with E-state index < -0.39 is 0 Å². The molecule has 0 heterocycles. The van der Waals surface area contributed by atoms with Crippen LogP contribution in [0.1, 0.15) is 6.42 Å². The van der Waals surface area contributed by atoms with Gasteiger partial charge in [0.15, 0.2) is 0 Å². The summed E-state index contributed by atoms with van der Waals surface area (Å²) < 4.78 is 0. The van der Waals surface area contributed by atoms with Crippen LogP contribution < -0.4 is 17.2 Å². The Labute approximate surface area is 88.8 Å². The van der Waals surface area contributed by atoms with Gasteiger partial charge in [-0.05, 0) is 27.6 Å². The van der Waals surface area contributed by atoms with Crippen molar-refractivity contribution >= 4 is 0 Å². The predicted molar refractivity (Wildman–Crippen MR) is 53.2 cm³/mol. The molecule has 0 unspecified atom stereocenters. The molecule has 0 saturated heterocycles. The molecule has 1 rings (SSSR count). The molecule has 0 saturated carbocycles. The molecular formula is C8H21N3Zn. The van der Waals surface area contributed by atoms with Gasteiger partial charge >= 0.3 is 0 Å². The van der Waals surface area contributed by atoms with Crippen molar-refractivity contribution in [3.63, 3.8) is 0 Å². The fourth-order valence-electron chi connectivity index (χ4n) is 0.393. The van der Waals surface area contributed by atoms with Crippen LogP contribution in [-0.2, 0) is 19.5 Å². The van der Waals surface area contributed by atoms with Gasteiger partial charge in [-0.25, -0.2) is 0 Å². The second kappa shape index (κ2) is 44.1. The molecule has 12 heavy (non-hydrogen) atoms. The standard InChI is InChI=1S/C5H6.3CH5N.Zn/c1-2-4-5-3-1;3*1-2;/h1-4H,5H2;3*2H2,1H3;. The number of hydrogen-bond acceptors (Lipinski definition) is 3. The van der Waals surface area contributed by atoms with Crippen molar-refractivity contribution in [2.45, 2.75) is 6.42 Å². The van der Waals surface area contributed by atoms with Gasteiger partial charge in [-0.1, -0.05) is 24.3 Å². The average Bonchev–Trinajstić information content (AvgIpc) is 2.71. The molecule has 1 aliphatic rings. The molecule has 1 aliphatic carbocycles. The predicted octanol–water partition coefficient (Wildman–Crippen LogP) is 0.225. The summed E-state index contributed by atoms with van der Waals surface area (Å²) in [6, 6.07) is 0. The van der Waals surface area contributed by atoms with Gasteiger partial charge < -0.3 is 17.2 Å². The maximum atomic E-state index is 4.50. The summed E-state index contributed by atoms with van der Waals surface area (Å²) in [5.41, 5.74) is 13.5. The number of nitrogens with two attached hydrogens (primary N) is 3. The van der Waals surface area contributed by atoms with Crippen LogP contribution in [0.2, 0.25) is 0 Å². The van der Waals surface area contributed by atoms with Crippen molar-refractivity contribution in [1.82, 2.24) is 0 Å². The van der Waals surface area contributed by atoms with Gasteiger partial charge in [0.2, 0.25) is 0 Å². The Morgan fingerprint density at radius 3 is 1.08 bits per heavy atom. The molecule has 70 valence electrons. The average molecular weight is 225 g/mol. The molecule has 0 aromatic rings. The van der Waals surface area contributed by atoms with Gasteiger partial charge in [-0.3, -0.25) is 0 Å². The summed E-state index contributed by atoms with van der Waals surface area (Å²) in [5.74, 6) is 0. The molecule has 3 nitrogen and oxygen atoms in total. The summed E-state index contributed by atoms with van der Waals surface area (Å²) in [6.07, 6.45) is 9.50. The summed E-state index contributed by atoms with van der Waals surface area (Å²) in [4.78, 5) is 0. The first-order chi connectivity index (χ1) is 5.50. The van der Waals surface area contributed by atoms with Gasteiger partial charge in [0.1, 0.15) is 0 Å². The zero-order valence-corrected chi connectivity index (χ0v) is 11.4. The minimum atomic E-state index is 0. The van der Waals surface area contributed by atoms with Crippen LogP contribution in [0.5, 0.6) is 0 Å². The third kappa shape index (κ3) is 32.4. The van der Waals surface area contributed by atoms with Gasteiger partial charge in [-0.2, -0.15) is 0 Å². The van der Waals surface area contributed by atoms with Crippen LogP contribution in [0.15, 0.2) is 24.3 Å². The summed E-state index contributed by atoms with van der Waals surface area (Å²) in [7, 11) is 4.50. The molecule has 0 amide bonds. The second-order valence-electron chi connectivity index (χ2n) is 1.09. The topological polar surface area (TPSA) is 78.1 Å². The Morgan fingerprint density at radius 1 is 0.750 bits per heavy atom. The summed E-state index contributed by atoms with van der Waals surface area (Å²) in [5, 5.41) is 0. The molecule has 4 heteroatoms. The van der Waals surface area contributed by atoms with Crippen LogP contribution in [0.3, 0.4) is 0 Å². The van der Waals surface area contributed by atoms with Gasteiger partial charge in [0.25, 0.3) is 0 Å². The van der Waals surface area contributed by atoms with E-state index in [0.29, 0.717) is 0 Å². The Hall–Kier alpha value is -0.0166. The molecule has 6 N–H and O–H groups in total. The zero-order chi connectivity index (χ0) is 9.54. The van der Waals surface area contributed by atoms with Crippen molar-refractivity contribution in [3.05, 3.63) is 24.3 Å². The third-order valence-corrected chi connectivity index (χ3v) is 0.655. The first kappa shape index (κ1) is 22.7. The molecule has 0 bridgehead atoms. The smallest absolute Gasteiger partial charge is 0 e. The second-order valence-corrected chi connectivity index (χ2v) is 1.09. The molecule has 0 atom stereocenters. The van der Waals surface area contributed by atoms with E-state index >= 15 is 0 Å².